The lowest BCUT2D eigenvalue weighted by molar-refractivity contribution is -0.122. The van der Waals surface area contributed by atoms with Gasteiger partial charge in [0.05, 0.1) is 12.0 Å². The molecule has 1 amide bonds. The van der Waals surface area contributed by atoms with Gasteiger partial charge in [0.15, 0.2) is 16.7 Å². The largest absolute Gasteiger partial charge is 0.493 e. The van der Waals surface area contributed by atoms with Crippen LogP contribution in [0.5, 0.6) is 11.5 Å². The topological polar surface area (TPSA) is 85.3 Å². The van der Waals surface area contributed by atoms with Crippen LogP contribution in [0.4, 0.5) is 0 Å². The molecule has 176 valence electrons. The second-order valence-electron chi connectivity index (χ2n) is 7.13. The zero-order chi connectivity index (χ0) is 24.1. The fourth-order valence-electron chi connectivity index (χ4n) is 3.19. The van der Waals surface area contributed by atoms with Gasteiger partial charge in [0.2, 0.25) is 0 Å². The molecular formula is C24H22N2O5S3. The van der Waals surface area contributed by atoms with E-state index in [0.717, 1.165) is 34.2 Å². The second-order valence-corrected chi connectivity index (χ2v) is 10.9. The Labute approximate surface area is 206 Å². The van der Waals surface area contributed by atoms with Crippen LogP contribution < -0.4 is 9.47 Å². The number of nitrogens with zero attached hydrogens (tertiary/aromatic N) is 2. The van der Waals surface area contributed by atoms with E-state index in [4.69, 9.17) is 9.47 Å². The van der Waals surface area contributed by atoms with Gasteiger partial charge < -0.3 is 9.47 Å². The highest BCUT2D eigenvalue weighted by molar-refractivity contribution is 8.19. The summed E-state index contributed by atoms with van der Waals surface area (Å²) in [7, 11) is -2.33. The number of amides is 1. The van der Waals surface area contributed by atoms with Gasteiger partial charge in [0.25, 0.3) is 15.9 Å². The van der Waals surface area contributed by atoms with Crippen molar-refractivity contribution in [1.29, 1.82) is 0 Å². The number of amidine groups is 1. The van der Waals surface area contributed by atoms with Crippen molar-refractivity contribution in [1.82, 2.24) is 4.90 Å². The van der Waals surface area contributed by atoms with Crippen molar-refractivity contribution in [2.75, 3.05) is 13.7 Å². The molecule has 1 aromatic heterocycles. The molecule has 1 fully saturated rings. The van der Waals surface area contributed by atoms with Gasteiger partial charge in [-0.2, -0.15) is 8.42 Å². The molecule has 34 heavy (non-hydrogen) atoms. The van der Waals surface area contributed by atoms with Gasteiger partial charge in [-0.15, -0.1) is 15.7 Å². The Kier molecular flexibility index (Phi) is 7.40. The molecule has 1 saturated heterocycles. The van der Waals surface area contributed by atoms with Gasteiger partial charge in [0, 0.05) is 6.54 Å². The van der Waals surface area contributed by atoms with E-state index in [1.54, 1.807) is 43.7 Å². The Balaban J connectivity index is 1.57. The molecule has 2 aromatic carbocycles. The molecule has 10 heteroatoms. The molecule has 4 rings (SSSR count). The number of sulfonamides is 1. The van der Waals surface area contributed by atoms with Crippen LogP contribution in [0.1, 0.15) is 18.1 Å². The van der Waals surface area contributed by atoms with Crippen LogP contribution in [0.15, 0.2) is 79.6 Å². The van der Waals surface area contributed by atoms with Crippen LogP contribution in [0.2, 0.25) is 0 Å². The molecule has 0 aliphatic carbocycles. The monoisotopic (exact) mass is 514 g/mol. The highest BCUT2D eigenvalue weighted by atomic mass is 32.2. The molecule has 0 radical (unpaired) electrons. The normalized spacial score (nSPS) is 16.4. The van der Waals surface area contributed by atoms with Crippen LogP contribution in [-0.4, -0.2) is 38.0 Å². The molecule has 0 bridgehead atoms. The maximum atomic E-state index is 12.9. The molecule has 3 aromatic rings. The summed E-state index contributed by atoms with van der Waals surface area (Å²) in [4.78, 5) is 14.6. The van der Waals surface area contributed by atoms with Crippen LogP contribution in [0.3, 0.4) is 0 Å². The average Bonchev–Trinajstić information content (AvgIpc) is 3.48. The number of benzene rings is 2. The lowest BCUT2D eigenvalue weighted by Crippen LogP contribution is -2.29. The quantitative estimate of drug-likeness (QED) is 0.393. The highest BCUT2D eigenvalue weighted by Gasteiger charge is 2.34. The number of hydrogen-bond acceptors (Lipinski definition) is 7. The summed E-state index contributed by atoms with van der Waals surface area (Å²) in [5.41, 5.74) is 1.76. The number of carbonyl (C=O) groups excluding carboxylic acids is 1. The Bertz CT molecular complexity index is 1330. The van der Waals surface area contributed by atoms with Gasteiger partial charge in [-0.25, -0.2) is 0 Å². The number of methoxy groups -OCH3 is 1. The van der Waals surface area contributed by atoms with Crippen LogP contribution >= 0.6 is 23.1 Å². The fraction of sp³-hybridized carbons (Fsp3) is 0.167. The first-order valence-corrected chi connectivity index (χ1v) is 13.5. The van der Waals surface area contributed by atoms with E-state index in [0.29, 0.717) is 29.6 Å². The summed E-state index contributed by atoms with van der Waals surface area (Å²) in [6, 6.07) is 18.3. The maximum absolute atomic E-state index is 12.9. The minimum atomic E-state index is -3.88. The third kappa shape index (κ3) is 5.35. The van der Waals surface area contributed by atoms with E-state index in [-0.39, 0.29) is 15.3 Å². The minimum absolute atomic E-state index is 0.136. The molecule has 0 spiro atoms. The molecule has 0 unspecified atom stereocenters. The van der Waals surface area contributed by atoms with E-state index >= 15 is 0 Å². The number of thioether (sulfide) groups is 1. The van der Waals surface area contributed by atoms with Crippen molar-refractivity contribution in [3.63, 3.8) is 0 Å². The predicted octanol–water partition coefficient (Wildman–Crippen LogP) is 5.02. The summed E-state index contributed by atoms with van der Waals surface area (Å²) in [6.45, 7) is 2.48. The lowest BCUT2D eigenvalue weighted by atomic mass is 10.1. The molecule has 0 N–H and O–H groups in total. The van der Waals surface area contributed by atoms with Crippen molar-refractivity contribution < 1.29 is 22.7 Å². The Hall–Kier alpha value is -3.08. The number of rotatable bonds is 8. The smallest absolute Gasteiger partial charge is 0.294 e. The molecule has 0 saturated carbocycles. The molecule has 1 aliphatic rings. The first-order chi connectivity index (χ1) is 16.4. The molecule has 7 nitrogen and oxygen atoms in total. The van der Waals surface area contributed by atoms with Gasteiger partial charge in [-0.3, -0.25) is 9.69 Å². The molecule has 0 atom stereocenters. The number of likely N-dealkylation sites (N-methyl/N-ethyl adjacent to an activating group) is 1. The Morgan fingerprint density at radius 3 is 2.53 bits per heavy atom. The van der Waals surface area contributed by atoms with Crippen molar-refractivity contribution in [2.45, 2.75) is 17.7 Å². The maximum Gasteiger partial charge on any atom is 0.294 e. The van der Waals surface area contributed by atoms with E-state index in [2.05, 4.69) is 4.40 Å². The molecule has 1 aliphatic heterocycles. The second kappa shape index (κ2) is 10.5. The van der Waals surface area contributed by atoms with Crippen molar-refractivity contribution in [3.05, 3.63) is 82.1 Å². The summed E-state index contributed by atoms with van der Waals surface area (Å²) in [5, 5.41) is 1.81. The first-order valence-electron chi connectivity index (χ1n) is 10.4. The van der Waals surface area contributed by atoms with E-state index in [1.165, 1.54) is 11.0 Å². The highest BCUT2D eigenvalue weighted by Crippen LogP contribution is 2.36. The predicted molar refractivity (Wildman–Crippen MR) is 136 cm³/mol. The molecular weight excluding hydrogens is 492 g/mol. The van der Waals surface area contributed by atoms with Gasteiger partial charge in [-0.1, -0.05) is 42.5 Å². The van der Waals surface area contributed by atoms with Crippen LogP contribution in [0, 0.1) is 0 Å². The third-order valence-electron chi connectivity index (χ3n) is 4.87. The first kappa shape index (κ1) is 24.1. The Morgan fingerprint density at radius 1 is 1.06 bits per heavy atom. The number of carbonyl (C=O) groups is 1. The van der Waals surface area contributed by atoms with E-state index in [9.17, 15) is 13.2 Å². The van der Waals surface area contributed by atoms with Gasteiger partial charge in [0.1, 0.15) is 10.8 Å². The van der Waals surface area contributed by atoms with E-state index in [1.807, 2.05) is 36.4 Å². The average molecular weight is 515 g/mol. The van der Waals surface area contributed by atoms with Crippen LogP contribution in [0.25, 0.3) is 6.08 Å². The summed E-state index contributed by atoms with van der Waals surface area (Å²) in [6.07, 6.45) is 1.69. The van der Waals surface area contributed by atoms with E-state index < -0.39 is 10.0 Å². The van der Waals surface area contributed by atoms with Gasteiger partial charge >= 0.3 is 0 Å². The lowest BCUT2D eigenvalue weighted by Gasteiger charge is -2.12. The summed E-state index contributed by atoms with van der Waals surface area (Å²) < 4.78 is 40.6. The zero-order valence-electron chi connectivity index (χ0n) is 18.5. The molecule has 2 heterocycles. The van der Waals surface area contributed by atoms with Crippen molar-refractivity contribution >= 4 is 50.3 Å². The number of thiophene rings is 1. The van der Waals surface area contributed by atoms with Crippen LogP contribution in [-0.2, 0) is 21.4 Å². The SMILES string of the molecule is CCN1C(=O)C(=Cc2ccc(OCc3ccccc3)c(OC)c2)SC1=NS(=O)(=O)c1cccs1. The van der Waals surface area contributed by atoms with Gasteiger partial charge in [-0.05, 0) is 59.5 Å². The number of ether oxygens (including phenoxy) is 2. The van der Waals surface area contributed by atoms with Crippen molar-refractivity contribution in [2.24, 2.45) is 4.40 Å². The number of hydrogen-bond donors (Lipinski definition) is 0. The van der Waals surface area contributed by atoms with Crippen molar-refractivity contribution in [3.8, 4) is 11.5 Å². The fourth-order valence-corrected chi connectivity index (χ4v) is 6.41. The third-order valence-corrected chi connectivity index (χ3v) is 8.64. The Morgan fingerprint density at radius 2 is 1.85 bits per heavy atom. The summed E-state index contributed by atoms with van der Waals surface area (Å²) in [5.74, 6) is 0.816. The standard InChI is InChI=1S/C24H22N2O5S3/c1-3-26-23(27)21(33-24(26)25-34(28,29)22-10-7-13-32-22)15-18-11-12-19(20(14-18)30-2)31-16-17-8-5-4-6-9-17/h4-15H,3,16H2,1-2H3. The minimum Gasteiger partial charge on any atom is -0.493 e. The summed E-state index contributed by atoms with van der Waals surface area (Å²) >= 11 is 2.12. The zero-order valence-corrected chi connectivity index (χ0v) is 21.0.